The first-order valence-electron chi connectivity index (χ1n) is 7.43. The molecule has 1 aliphatic heterocycles. The molecular formula is C18H21ClN2O2. The van der Waals surface area contributed by atoms with Gasteiger partial charge in [-0.1, -0.05) is 18.2 Å². The molecule has 2 aromatic rings. The van der Waals surface area contributed by atoms with Crippen molar-refractivity contribution in [1.29, 1.82) is 0 Å². The van der Waals surface area contributed by atoms with Gasteiger partial charge in [-0.25, -0.2) is 0 Å². The van der Waals surface area contributed by atoms with Gasteiger partial charge in [-0.3, -0.25) is 4.79 Å². The number of amides is 1. The van der Waals surface area contributed by atoms with Crippen molar-refractivity contribution in [3.8, 4) is 5.75 Å². The standard InChI is InChI=1S/C18H20N2O2.ClH/c1-20(12-15-5-3-4-6-17(15)22-2)18(21)14-7-8-16-13(11-14)9-10-19-16;/h3-8,11,19H,9-10,12H2,1-2H3;1H. The fourth-order valence-electron chi connectivity index (χ4n) is 2.82. The number of nitrogens with one attached hydrogen (secondary N) is 1. The summed E-state index contributed by atoms with van der Waals surface area (Å²) in [6.45, 7) is 1.47. The van der Waals surface area contributed by atoms with Gasteiger partial charge >= 0.3 is 0 Å². The van der Waals surface area contributed by atoms with Gasteiger partial charge < -0.3 is 15.0 Å². The van der Waals surface area contributed by atoms with Crippen molar-refractivity contribution in [3.05, 3.63) is 59.2 Å². The molecule has 122 valence electrons. The number of anilines is 1. The molecule has 0 bridgehead atoms. The quantitative estimate of drug-likeness (QED) is 0.933. The van der Waals surface area contributed by atoms with Crippen molar-refractivity contribution >= 4 is 24.0 Å². The van der Waals surface area contributed by atoms with Crippen LogP contribution in [0.2, 0.25) is 0 Å². The number of hydrogen-bond donors (Lipinski definition) is 1. The Kier molecular flexibility index (Phi) is 5.50. The average Bonchev–Trinajstić information content (AvgIpc) is 3.02. The van der Waals surface area contributed by atoms with E-state index in [0.717, 1.165) is 35.5 Å². The van der Waals surface area contributed by atoms with Gasteiger partial charge in [-0.2, -0.15) is 0 Å². The molecule has 0 fully saturated rings. The van der Waals surface area contributed by atoms with Gasteiger partial charge in [0.25, 0.3) is 5.91 Å². The van der Waals surface area contributed by atoms with Crippen molar-refractivity contribution in [1.82, 2.24) is 4.90 Å². The van der Waals surface area contributed by atoms with Crippen molar-refractivity contribution in [2.75, 3.05) is 26.0 Å². The summed E-state index contributed by atoms with van der Waals surface area (Å²) in [6, 6.07) is 13.7. The molecule has 23 heavy (non-hydrogen) atoms. The fourth-order valence-corrected chi connectivity index (χ4v) is 2.82. The Balaban J connectivity index is 0.00000192. The van der Waals surface area contributed by atoms with E-state index in [-0.39, 0.29) is 18.3 Å². The van der Waals surface area contributed by atoms with Crippen LogP contribution in [0.1, 0.15) is 21.5 Å². The predicted molar refractivity (Wildman–Crippen MR) is 94.7 cm³/mol. The fraction of sp³-hybridized carbons (Fsp3) is 0.278. The smallest absolute Gasteiger partial charge is 0.253 e. The summed E-state index contributed by atoms with van der Waals surface area (Å²) in [7, 11) is 3.47. The van der Waals surface area contributed by atoms with Crippen molar-refractivity contribution in [3.63, 3.8) is 0 Å². The third kappa shape index (κ3) is 3.59. The molecule has 0 atom stereocenters. The molecule has 1 aliphatic rings. The van der Waals surface area contributed by atoms with Crippen LogP contribution in [0.25, 0.3) is 0 Å². The summed E-state index contributed by atoms with van der Waals surface area (Å²) in [4.78, 5) is 14.3. The van der Waals surface area contributed by atoms with E-state index in [4.69, 9.17) is 4.74 Å². The van der Waals surface area contributed by atoms with Gasteiger partial charge in [-0.15, -0.1) is 12.4 Å². The molecule has 0 aromatic heterocycles. The molecule has 0 saturated carbocycles. The van der Waals surface area contributed by atoms with Gasteiger partial charge in [0.15, 0.2) is 0 Å². The first-order valence-corrected chi connectivity index (χ1v) is 7.43. The van der Waals surface area contributed by atoms with Crippen LogP contribution >= 0.6 is 12.4 Å². The molecule has 2 aromatic carbocycles. The molecule has 0 spiro atoms. The van der Waals surface area contributed by atoms with E-state index in [1.54, 1.807) is 12.0 Å². The number of halogens is 1. The second kappa shape index (κ2) is 7.38. The summed E-state index contributed by atoms with van der Waals surface area (Å²) < 4.78 is 5.35. The van der Waals surface area contributed by atoms with Crippen molar-refractivity contribution in [2.24, 2.45) is 0 Å². The molecule has 0 unspecified atom stereocenters. The molecule has 3 rings (SSSR count). The highest BCUT2D eigenvalue weighted by atomic mass is 35.5. The maximum Gasteiger partial charge on any atom is 0.253 e. The number of carbonyl (C=O) groups excluding carboxylic acids is 1. The average molecular weight is 333 g/mol. The van der Waals surface area contributed by atoms with Crippen LogP contribution in [0, 0.1) is 0 Å². The molecule has 1 heterocycles. The van der Waals surface area contributed by atoms with Gasteiger partial charge in [0, 0.05) is 37.0 Å². The minimum Gasteiger partial charge on any atom is -0.496 e. The third-order valence-corrected chi connectivity index (χ3v) is 4.01. The van der Waals surface area contributed by atoms with E-state index in [9.17, 15) is 4.79 Å². The van der Waals surface area contributed by atoms with E-state index in [1.165, 1.54) is 5.56 Å². The number of carbonyl (C=O) groups is 1. The van der Waals surface area contributed by atoms with Gasteiger partial charge in [0.05, 0.1) is 7.11 Å². The molecule has 1 amide bonds. The van der Waals surface area contributed by atoms with Crippen LogP contribution in [-0.4, -0.2) is 31.5 Å². The molecule has 1 N–H and O–H groups in total. The van der Waals surface area contributed by atoms with Gasteiger partial charge in [0.1, 0.15) is 5.75 Å². The highest BCUT2D eigenvalue weighted by molar-refractivity contribution is 5.95. The van der Waals surface area contributed by atoms with Crippen LogP contribution < -0.4 is 10.1 Å². The molecule has 4 nitrogen and oxygen atoms in total. The van der Waals surface area contributed by atoms with E-state index >= 15 is 0 Å². The summed E-state index contributed by atoms with van der Waals surface area (Å²) in [5.41, 5.74) is 4.10. The lowest BCUT2D eigenvalue weighted by Crippen LogP contribution is -2.26. The number of hydrogen-bond acceptors (Lipinski definition) is 3. The third-order valence-electron chi connectivity index (χ3n) is 4.01. The Labute approximate surface area is 142 Å². The van der Waals surface area contributed by atoms with E-state index in [0.29, 0.717) is 6.54 Å². The Morgan fingerprint density at radius 1 is 1.26 bits per heavy atom. The minimum absolute atomic E-state index is 0. The number of rotatable bonds is 4. The summed E-state index contributed by atoms with van der Waals surface area (Å²) in [5.74, 6) is 0.834. The minimum atomic E-state index is 0. The first kappa shape index (κ1) is 17.2. The largest absolute Gasteiger partial charge is 0.496 e. The molecule has 0 radical (unpaired) electrons. The lowest BCUT2D eigenvalue weighted by Gasteiger charge is -2.19. The summed E-state index contributed by atoms with van der Waals surface area (Å²) in [6.07, 6.45) is 0.979. The van der Waals surface area contributed by atoms with Gasteiger partial charge in [0.2, 0.25) is 0 Å². The van der Waals surface area contributed by atoms with Gasteiger partial charge in [-0.05, 0) is 36.2 Å². The first-order chi connectivity index (χ1) is 10.7. The zero-order chi connectivity index (χ0) is 15.5. The second-order valence-electron chi connectivity index (χ2n) is 5.52. The Morgan fingerprint density at radius 3 is 2.83 bits per heavy atom. The number of nitrogens with zero attached hydrogens (tertiary/aromatic N) is 1. The topological polar surface area (TPSA) is 41.6 Å². The normalized spacial score (nSPS) is 11.9. The molecular weight excluding hydrogens is 312 g/mol. The second-order valence-corrected chi connectivity index (χ2v) is 5.52. The van der Waals surface area contributed by atoms with Crippen molar-refractivity contribution in [2.45, 2.75) is 13.0 Å². The highest BCUT2D eigenvalue weighted by Crippen LogP contribution is 2.24. The predicted octanol–water partition coefficient (Wildman–Crippen LogP) is 3.36. The zero-order valence-electron chi connectivity index (χ0n) is 13.3. The Hall–Kier alpha value is -2.20. The SMILES string of the molecule is COc1ccccc1CN(C)C(=O)c1ccc2c(c1)CCN2.Cl. The van der Waals surface area contributed by atoms with Crippen LogP contribution in [-0.2, 0) is 13.0 Å². The van der Waals surface area contributed by atoms with E-state index in [2.05, 4.69) is 5.32 Å². The Bertz CT molecular complexity index is 703. The number of ether oxygens (including phenoxy) is 1. The van der Waals surface area contributed by atoms with Crippen LogP contribution in [0.4, 0.5) is 5.69 Å². The number of benzene rings is 2. The van der Waals surface area contributed by atoms with Crippen LogP contribution in [0.5, 0.6) is 5.75 Å². The number of fused-ring (bicyclic) bond motifs is 1. The maximum atomic E-state index is 12.6. The highest BCUT2D eigenvalue weighted by Gasteiger charge is 2.17. The van der Waals surface area contributed by atoms with E-state index in [1.807, 2.05) is 49.5 Å². The van der Waals surface area contributed by atoms with Crippen LogP contribution in [0.3, 0.4) is 0 Å². The number of methoxy groups -OCH3 is 1. The lowest BCUT2D eigenvalue weighted by atomic mass is 10.1. The summed E-state index contributed by atoms with van der Waals surface area (Å²) in [5, 5.41) is 3.31. The lowest BCUT2D eigenvalue weighted by molar-refractivity contribution is 0.0784. The van der Waals surface area contributed by atoms with E-state index < -0.39 is 0 Å². The number of para-hydroxylation sites is 1. The molecule has 0 saturated heterocycles. The molecule has 5 heteroatoms. The molecule has 0 aliphatic carbocycles. The monoisotopic (exact) mass is 332 g/mol. The zero-order valence-corrected chi connectivity index (χ0v) is 14.2. The van der Waals surface area contributed by atoms with Crippen LogP contribution in [0.15, 0.2) is 42.5 Å². The summed E-state index contributed by atoms with van der Waals surface area (Å²) >= 11 is 0. The van der Waals surface area contributed by atoms with Crippen molar-refractivity contribution < 1.29 is 9.53 Å². The Morgan fingerprint density at radius 2 is 2.04 bits per heavy atom. The maximum absolute atomic E-state index is 12.6.